The third kappa shape index (κ3) is 1.96. The van der Waals surface area contributed by atoms with E-state index >= 15 is 0 Å². The predicted molar refractivity (Wildman–Crippen MR) is 72.6 cm³/mol. The first-order valence-electron chi connectivity index (χ1n) is 5.62. The fourth-order valence-corrected chi connectivity index (χ4v) is 2.14. The number of carboxylic acid groups (broad SMARTS) is 1. The molecular weight excluding hydrogens is 264 g/mol. The number of carboxylic acids is 1. The molecule has 2 aromatic heterocycles. The van der Waals surface area contributed by atoms with Crippen molar-refractivity contribution >= 4 is 23.1 Å². The number of aromatic nitrogens is 2. The molecule has 0 saturated heterocycles. The highest BCUT2D eigenvalue weighted by Gasteiger charge is 2.12. The molecule has 94 valence electrons. The molecule has 0 spiro atoms. The van der Waals surface area contributed by atoms with Gasteiger partial charge in [-0.05, 0) is 36.4 Å². The number of fused-ring (bicyclic) bond motifs is 1. The lowest BCUT2D eigenvalue weighted by Gasteiger charge is -2.03. The van der Waals surface area contributed by atoms with Crippen molar-refractivity contribution in [1.29, 1.82) is 0 Å². The molecule has 0 aliphatic carbocycles. The number of carbonyl (C=O) groups is 1. The molecule has 0 unspecified atom stereocenters. The first kappa shape index (κ1) is 11.7. The molecule has 19 heavy (non-hydrogen) atoms. The van der Waals surface area contributed by atoms with E-state index in [4.69, 9.17) is 16.7 Å². The first-order valence-corrected chi connectivity index (χ1v) is 6.00. The van der Waals surface area contributed by atoms with Crippen LogP contribution in [0.2, 0.25) is 5.02 Å². The summed E-state index contributed by atoms with van der Waals surface area (Å²) in [7, 11) is 0. The molecule has 3 rings (SSSR count). The lowest BCUT2D eigenvalue weighted by atomic mass is 10.2. The lowest BCUT2D eigenvalue weighted by molar-refractivity contribution is 0.0698. The highest BCUT2D eigenvalue weighted by atomic mass is 35.5. The maximum atomic E-state index is 11.1. The molecule has 4 nitrogen and oxygen atoms in total. The van der Waals surface area contributed by atoms with E-state index in [2.05, 4.69) is 4.98 Å². The SMILES string of the molecule is O=C(O)c1cccn2c(-c3ccc(Cl)cc3)ncc12. The molecule has 1 aromatic carbocycles. The van der Waals surface area contributed by atoms with Gasteiger partial charge in [-0.1, -0.05) is 11.6 Å². The van der Waals surface area contributed by atoms with Crippen LogP contribution in [0.25, 0.3) is 16.9 Å². The lowest BCUT2D eigenvalue weighted by Crippen LogP contribution is -1.99. The van der Waals surface area contributed by atoms with E-state index in [-0.39, 0.29) is 5.56 Å². The highest BCUT2D eigenvalue weighted by Crippen LogP contribution is 2.23. The van der Waals surface area contributed by atoms with Gasteiger partial charge >= 0.3 is 5.97 Å². The molecule has 2 heterocycles. The van der Waals surface area contributed by atoms with Crippen LogP contribution in [-0.2, 0) is 0 Å². The second kappa shape index (κ2) is 4.40. The highest BCUT2D eigenvalue weighted by molar-refractivity contribution is 6.30. The summed E-state index contributed by atoms with van der Waals surface area (Å²) in [5.41, 5.74) is 1.68. The van der Waals surface area contributed by atoms with E-state index < -0.39 is 5.97 Å². The second-order valence-corrected chi connectivity index (χ2v) is 4.51. The Morgan fingerprint density at radius 2 is 1.95 bits per heavy atom. The molecule has 0 atom stereocenters. The minimum Gasteiger partial charge on any atom is -0.478 e. The maximum Gasteiger partial charge on any atom is 0.337 e. The molecule has 0 fully saturated rings. The Labute approximate surface area is 113 Å². The average molecular weight is 273 g/mol. The van der Waals surface area contributed by atoms with Gasteiger partial charge in [-0.25, -0.2) is 9.78 Å². The first-order chi connectivity index (χ1) is 9.16. The van der Waals surface area contributed by atoms with Crippen LogP contribution < -0.4 is 0 Å². The maximum absolute atomic E-state index is 11.1. The number of pyridine rings is 1. The molecule has 0 aliphatic heterocycles. The van der Waals surface area contributed by atoms with Crippen molar-refractivity contribution in [3.05, 3.63) is 59.4 Å². The van der Waals surface area contributed by atoms with Gasteiger partial charge in [-0.15, -0.1) is 0 Å². The number of nitrogens with zero attached hydrogens (tertiary/aromatic N) is 2. The van der Waals surface area contributed by atoms with Crippen molar-refractivity contribution in [2.45, 2.75) is 0 Å². The van der Waals surface area contributed by atoms with Crippen LogP contribution >= 0.6 is 11.6 Å². The molecule has 0 bridgehead atoms. The van der Waals surface area contributed by atoms with Gasteiger partial charge in [0, 0.05) is 16.8 Å². The Kier molecular flexibility index (Phi) is 2.72. The Morgan fingerprint density at radius 3 is 2.63 bits per heavy atom. The number of rotatable bonds is 2. The average Bonchev–Trinajstić information content (AvgIpc) is 2.83. The quantitative estimate of drug-likeness (QED) is 0.778. The van der Waals surface area contributed by atoms with E-state index in [0.717, 1.165) is 5.56 Å². The molecule has 0 aliphatic rings. The van der Waals surface area contributed by atoms with Crippen LogP contribution in [0.5, 0.6) is 0 Å². The molecule has 1 N–H and O–H groups in total. The van der Waals surface area contributed by atoms with Gasteiger partial charge < -0.3 is 5.11 Å². The van der Waals surface area contributed by atoms with Crippen LogP contribution in [0.4, 0.5) is 0 Å². The Balaban J connectivity index is 2.24. The molecular formula is C14H9ClN2O2. The monoisotopic (exact) mass is 272 g/mol. The zero-order valence-corrected chi connectivity index (χ0v) is 10.5. The van der Waals surface area contributed by atoms with Gasteiger partial charge in [0.05, 0.1) is 17.3 Å². The minimum absolute atomic E-state index is 0.232. The van der Waals surface area contributed by atoms with Crippen LogP contribution in [0, 0.1) is 0 Å². The number of halogens is 1. The number of hydrogen-bond donors (Lipinski definition) is 1. The summed E-state index contributed by atoms with van der Waals surface area (Å²) >= 11 is 5.85. The van der Waals surface area contributed by atoms with Crippen molar-refractivity contribution in [3.63, 3.8) is 0 Å². The van der Waals surface area contributed by atoms with Crippen LogP contribution in [0.1, 0.15) is 10.4 Å². The number of aromatic carboxylic acids is 1. The normalized spacial score (nSPS) is 10.8. The molecule has 3 aromatic rings. The third-order valence-corrected chi connectivity index (χ3v) is 3.16. The topological polar surface area (TPSA) is 54.6 Å². The number of benzene rings is 1. The molecule has 0 saturated carbocycles. The van der Waals surface area contributed by atoms with E-state index in [1.165, 1.54) is 0 Å². The number of imidazole rings is 1. The predicted octanol–water partition coefficient (Wildman–Crippen LogP) is 3.35. The van der Waals surface area contributed by atoms with Gasteiger partial charge in [0.2, 0.25) is 0 Å². The Morgan fingerprint density at radius 1 is 1.21 bits per heavy atom. The van der Waals surface area contributed by atoms with Crippen molar-refractivity contribution in [3.8, 4) is 11.4 Å². The van der Waals surface area contributed by atoms with E-state index in [9.17, 15) is 4.79 Å². The van der Waals surface area contributed by atoms with Gasteiger partial charge in [0.25, 0.3) is 0 Å². The third-order valence-electron chi connectivity index (χ3n) is 2.90. The number of hydrogen-bond acceptors (Lipinski definition) is 2. The second-order valence-electron chi connectivity index (χ2n) is 4.07. The standard InChI is InChI=1S/C14H9ClN2O2/c15-10-5-3-9(4-6-10)13-16-8-12-11(14(18)19)2-1-7-17(12)13/h1-8H,(H,18,19). The van der Waals surface area contributed by atoms with Crippen molar-refractivity contribution < 1.29 is 9.90 Å². The largest absolute Gasteiger partial charge is 0.478 e. The van der Waals surface area contributed by atoms with E-state index in [0.29, 0.717) is 16.4 Å². The zero-order chi connectivity index (χ0) is 13.4. The van der Waals surface area contributed by atoms with Gasteiger partial charge in [0.15, 0.2) is 0 Å². The fourth-order valence-electron chi connectivity index (χ4n) is 2.02. The van der Waals surface area contributed by atoms with E-state index in [1.807, 2.05) is 12.1 Å². The van der Waals surface area contributed by atoms with Gasteiger partial charge in [0.1, 0.15) is 5.82 Å². The summed E-state index contributed by atoms with van der Waals surface area (Å²) in [6.45, 7) is 0. The van der Waals surface area contributed by atoms with Crippen molar-refractivity contribution in [2.24, 2.45) is 0 Å². The van der Waals surface area contributed by atoms with E-state index in [1.54, 1.807) is 41.1 Å². The Hall–Kier alpha value is -2.33. The van der Waals surface area contributed by atoms with Crippen molar-refractivity contribution in [2.75, 3.05) is 0 Å². The summed E-state index contributed by atoms with van der Waals surface area (Å²) in [5.74, 6) is -0.275. The minimum atomic E-state index is -0.965. The van der Waals surface area contributed by atoms with Crippen LogP contribution in [0.3, 0.4) is 0 Å². The molecule has 0 amide bonds. The summed E-state index contributed by atoms with van der Waals surface area (Å²) in [6, 6.07) is 10.5. The van der Waals surface area contributed by atoms with Crippen LogP contribution in [-0.4, -0.2) is 20.5 Å². The fraction of sp³-hybridized carbons (Fsp3) is 0. The zero-order valence-electron chi connectivity index (χ0n) is 9.75. The summed E-state index contributed by atoms with van der Waals surface area (Å²) in [6.07, 6.45) is 3.35. The summed E-state index contributed by atoms with van der Waals surface area (Å²) < 4.78 is 1.76. The van der Waals surface area contributed by atoms with Gasteiger partial charge in [-0.2, -0.15) is 0 Å². The Bertz CT molecular complexity index is 763. The molecule has 0 radical (unpaired) electrons. The molecule has 5 heteroatoms. The smallest absolute Gasteiger partial charge is 0.337 e. The van der Waals surface area contributed by atoms with Gasteiger partial charge in [-0.3, -0.25) is 4.40 Å². The summed E-state index contributed by atoms with van der Waals surface area (Å²) in [4.78, 5) is 15.4. The summed E-state index contributed by atoms with van der Waals surface area (Å²) in [5, 5.41) is 9.79. The van der Waals surface area contributed by atoms with Crippen molar-refractivity contribution in [1.82, 2.24) is 9.38 Å². The van der Waals surface area contributed by atoms with Crippen LogP contribution in [0.15, 0.2) is 48.8 Å².